The number of nitrogens with one attached hydrogen (secondary N) is 1. The summed E-state index contributed by atoms with van der Waals surface area (Å²) in [4.78, 5) is 35.9. The molecule has 1 N–H and O–H groups in total. The van der Waals surface area contributed by atoms with Crippen molar-refractivity contribution >= 4 is 18.2 Å². The second kappa shape index (κ2) is 6.21. The third kappa shape index (κ3) is 2.44. The van der Waals surface area contributed by atoms with Gasteiger partial charge in [-0.1, -0.05) is 19.1 Å². The van der Waals surface area contributed by atoms with Crippen molar-refractivity contribution in [2.75, 3.05) is 26.9 Å². The monoisotopic (exact) mass is 351 g/mol. The highest BCUT2D eigenvalue weighted by molar-refractivity contribution is 5.87. The Morgan fingerprint density at radius 1 is 1.28 bits per heavy atom. The summed E-state index contributed by atoms with van der Waals surface area (Å²) in [5, 5.41) is 2.77. The van der Waals surface area contributed by atoms with Gasteiger partial charge in [-0.05, 0) is 6.92 Å². The molecule has 1 amide bonds. The Bertz CT molecular complexity index is 619. The average Bonchev–Trinajstić information content (AvgIpc) is 3.22. The summed E-state index contributed by atoms with van der Waals surface area (Å²) in [5.74, 6) is -1.55. The van der Waals surface area contributed by atoms with Crippen LogP contribution in [0.3, 0.4) is 0 Å². The Morgan fingerprint density at radius 2 is 2.04 bits per heavy atom. The lowest BCUT2D eigenvalue weighted by Crippen LogP contribution is -2.49. The molecular weight excluding hydrogens is 326 g/mol. The molecule has 2 fully saturated rings. The molecule has 1 saturated carbocycles. The molecule has 1 spiro atoms. The zero-order valence-electron chi connectivity index (χ0n) is 14.9. The molecule has 1 saturated heterocycles. The van der Waals surface area contributed by atoms with Gasteiger partial charge in [-0.15, -0.1) is 0 Å². The number of carbonyl (C=O) groups excluding carboxylic acids is 3. The van der Waals surface area contributed by atoms with Crippen molar-refractivity contribution in [3.8, 4) is 0 Å². The molecular formula is C18H25NO6. The van der Waals surface area contributed by atoms with Gasteiger partial charge in [0, 0.05) is 32.1 Å². The van der Waals surface area contributed by atoms with E-state index < -0.39 is 28.5 Å². The summed E-state index contributed by atoms with van der Waals surface area (Å²) in [6, 6.07) is 0. The first-order valence-electron chi connectivity index (χ1n) is 8.64. The second-order valence-corrected chi connectivity index (χ2v) is 7.31. The van der Waals surface area contributed by atoms with Crippen LogP contribution in [0.2, 0.25) is 0 Å². The average molecular weight is 351 g/mol. The van der Waals surface area contributed by atoms with E-state index in [0.717, 1.165) is 6.29 Å². The molecule has 5 unspecified atom stereocenters. The first kappa shape index (κ1) is 18.1. The van der Waals surface area contributed by atoms with Crippen LogP contribution in [-0.2, 0) is 28.6 Å². The minimum Gasteiger partial charge on any atom is -0.466 e. The predicted molar refractivity (Wildman–Crippen MR) is 87.6 cm³/mol. The number of methoxy groups -OCH3 is 1. The Kier molecular flexibility index (Phi) is 4.49. The van der Waals surface area contributed by atoms with E-state index in [2.05, 4.69) is 5.32 Å². The van der Waals surface area contributed by atoms with Crippen LogP contribution in [0.1, 0.15) is 26.7 Å². The van der Waals surface area contributed by atoms with Gasteiger partial charge in [0.1, 0.15) is 17.5 Å². The molecule has 0 aromatic heterocycles. The number of hydrogen-bond acceptors (Lipinski definition) is 6. The van der Waals surface area contributed by atoms with Crippen molar-refractivity contribution in [2.45, 2.75) is 37.9 Å². The van der Waals surface area contributed by atoms with E-state index in [9.17, 15) is 14.4 Å². The van der Waals surface area contributed by atoms with E-state index in [1.807, 2.05) is 26.0 Å². The fraction of sp³-hybridized carbons (Fsp3) is 0.722. The normalized spacial score (nSPS) is 39.8. The van der Waals surface area contributed by atoms with Crippen molar-refractivity contribution in [2.24, 2.45) is 17.3 Å². The van der Waals surface area contributed by atoms with Gasteiger partial charge in [0.05, 0.1) is 24.9 Å². The van der Waals surface area contributed by atoms with Crippen LogP contribution in [0.15, 0.2) is 12.2 Å². The zero-order chi connectivity index (χ0) is 18.3. The fourth-order valence-corrected chi connectivity index (χ4v) is 4.50. The summed E-state index contributed by atoms with van der Waals surface area (Å²) in [5.41, 5.74) is -1.56. The Morgan fingerprint density at radius 3 is 2.64 bits per heavy atom. The molecule has 7 heteroatoms. The zero-order valence-corrected chi connectivity index (χ0v) is 14.9. The molecule has 3 aliphatic rings. The molecule has 3 rings (SSSR count). The first-order chi connectivity index (χ1) is 11.9. The van der Waals surface area contributed by atoms with Crippen molar-refractivity contribution in [3.63, 3.8) is 0 Å². The Balaban J connectivity index is 1.50. The summed E-state index contributed by atoms with van der Waals surface area (Å²) in [6.07, 6.45) is 5.48. The number of hydrogen-bond donors (Lipinski definition) is 1. The van der Waals surface area contributed by atoms with Gasteiger partial charge in [0.25, 0.3) is 0 Å². The third-order valence-corrected chi connectivity index (χ3v) is 5.99. The summed E-state index contributed by atoms with van der Waals surface area (Å²) >= 11 is 0. The lowest BCUT2D eigenvalue weighted by molar-refractivity contribution is -0.144. The lowest BCUT2D eigenvalue weighted by Gasteiger charge is -2.40. The smallest absolute Gasteiger partial charge is 0.307 e. The molecule has 2 aliphatic carbocycles. The van der Waals surface area contributed by atoms with E-state index in [1.54, 1.807) is 7.11 Å². The highest BCUT2D eigenvalue weighted by atomic mass is 16.6. The van der Waals surface area contributed by atoms with Crippen LogP contribution in [0.4, 0.5) is 0 Å². The lowest BCUT2D eigenvalue weighted by atomic mass is 9.63. The van der Waals surface area contributed by atoms with Crippen molar-refractivity contribution in [1.82, 2.24) is 5.32 Å². The standard InChI is InChI=1S/C18H25NO6/c1-16-6-7-18(16)17(2,25-18)12(11-20)14(16)15(22)19-8-5-13(21)24-10-4-9-23-3/h6-7,11-12,14H,4-5,8-10H2,1-3H3,(H,19,22). The minimum absolute atomic E-state index is 0.0999. The highest BCUT2D eigenvalue weighted by Crippen LogP contribution is 2.77. The minimum atomic E-state index is -0.597. The van der Waals surface area contributed by atoms with Gasteiger partial charge in [0.2, 0.25) is 5.91 Å². The van der Waals surface area contributed by atoms with Crippen LogP contribution in [0, 0.1) is 17.3 Å². The largest absolute Gasteiger partial charge is 0.466 e. The summed E-state index contributed by atoms with van der Waals surface area (Å²) in [7, 11) is 1.59. The first-order valence-corrected chi connectivity index (χ1v) is 8.64. The van der Waals surface area contributed by atoms with Gasteiger partial charge in [-0.3, -0.25) is 9.59 Å². The van der Waals surface area contributed by atoms with E-state index in [0.29, 0.717) is 19.6 Å². The van der Waals surface area contributed by atoms with Gasteiger partial charge >= 0.3 is 5.97 Å². The number of ether oxygens (including phenoxy) is 3. The molecule has 0 radical (unpaired) electrons. The van der Waals surface area contributed by atoms with Crippen LogP contribution >= 0.6 is 0 Å². The number of rotatable bonds is 9. The van der Waals surface area contributed by atoms with E-state index in [1.165, 1.54) is 0 Å². The molecule has 0 aromatic rings. The van der Waals surface area contributed by atoms with Crippen molar-refractivity contribution in [3.05, 3.63) is 12.2 Å². The van der Waals surface area contributed by atoms with Crippen LogP contribution < -0.4 is 5.32 Å². The summed E-state index contributed by atoms with van der Waals surface area (Å²) in [6.45, 7) is 4.87. The van der Waals surface area contributed by atoms with Crippen LogP contribution in [-0.4, -0.2) is 56.2 Å². The van der Waals surface area contributed by atoms with Crippen molar-refractivity contribution < 1.29 is 28.6 Å². The SMILES string of the molecule is COCCCOC(=O)CCNC(=O)C1C(C=O)C2(C)OC23C=CC13C. The van der Waals surface area contributed by atoms with Crippen molar-refractivity contribution in [1.29, 1.82) is 0 Å². The Hall–Kier alpha value is -1.73. The van der Waals surface area contributed by atoms with Gasteiger partial charge < -0.3 is 24.3 Å². The highest BCUT2D eigenvalue weighted by Gasteiger charge is 2.88. The number of aldehydes is 1. The number of amides is 1. The maximum Gasteiger partial charge on any atom is 0.307 e. The molecule has 1 heterocycles. The number of esters is 1. The molecule has 25 heavy (non-hydrogen) atoms. The van der Waals surface area contributed by atoms with Crippen LogP contribution in [0.25, 0.3) is 0 Å². The number of epoxide rings is 1. The molecule has 0 bridgehead atoms. The maximum atomic E-state index is 12.7. The quantitative estimate of drug-likeness (QED) is 0.215. The van der Waals surface area contributed by atoms with Gasteiger partial charge in [-0.25, -0.2) is 0 Å². The fourth-order valence-electron chi connectivity index (χ4n) is 4.50. The molecule has 5 atom stereocenters. The molecule has 7 nitrogen and oxygen atoms in total. The van der Waals surface area contributed by atoms with Gasteiger partial charge in [-0.2, -0.15) is 0 Å². The Labute approximate surface area is 147 Å². The molecule has 1 aliphatic heterocycles. The van der Waals surface area contributed by atoms with E-state index >= 15 is 0 Å². The van der Waals surface area contributed by atoms with E-state index in [4.69, 9.17) is 14.2 Å². The second-order valence-electron chi connectivity index (χ2n) is 7.31. The van der Waals surface area contributed by atoms with Gasteiger partial charge in [0.15, 0.2) is 0 Å². The molecule has 138 valence electrons. The predicted octanol–water partition coefficient (Wildman–Crippen LogP) is 0.621. The van der Waals surface area contributed by atoms with E-state index in [-0.39, 0.29) is 24.8 Å². The number of carbonyl (C=O) groups is 3. The topological polar surface area (TPSA) is 94.2 Å². The van der Waals surface area contributed by atoms with Crippen LogP contribution in [0.5, 0.6) is 0 Å². The summed E-state index contributed by atoms with van der Waals surface area (Å²) < 4.78 is 15.8. The third-order valence-electron chi connectivity index (χ3n) is 5.99. The maximum absolute atomic E-state index is 12.7. The molecule has 0 aromatic carbocycles.